The first-order chi connectivity index (χ1) is 10.4. The second kappa shape index (κ2) is 6.35. The summed E-state index contributed by atoms with van der Waals surface area (Å²) >= 11 is 0. The van der Waals surface area contributed by atoms with Crippen molar-refractivity contribution in [3.05, 3.63) is 66.0 Å². The van der Waals surface area contributed by atoms with Gasteiger partial charge in [0.1, 0.15) is 11.9 Å². The van der Waals surface area contributed by atoms with Crippen LogP contribution in [0.3, 0.4) is 0 Å². The Labute approximate surface area is 124 Å². The molecular weight excluding hydrogens is 262 g/mol. The van der Waals surface area contributed by atoms with Crippen LogP contribution in [0.4, 0.5) is 0 Å². The Morgan fingerprint density at radius 1 is 1.14 bits per heavy atom. The van der Waals surface area contributed by atoms with Gasteiger partial charge in [0.25, 0.3) is 0 Å². The van der Waals surface area contributed by atoms with Gasteiger partial charge in [0.2, 0.25) is 0 Å². The molecule has 3 rings (SSSR count). The molecule has 0 fully saturated rings. The number of hydrogen-bond acceptors (Lipinski definition) is 3. The number of benzene rings is 1. The Morgan fingerprint density at radius 3 is 2.71 bits per heavy atom. The van der Waals surface area contributed by atoms with E-state index >= 15 is 0 Å². The number of nitrogens with zero attached hydrogens (tertiary/aromatic N) is 4. The van der Waals surface area contributed by atoms with Crippen LogP contribution in [0.15, 0.2) is 48.8 Å². The molecule has 5 nitrogen and oxygen atoms in total. The van der Waals surface area contributed by atoms with E-state index < -0.39 is 0 Å². The minimum Gasteiger partial charge on any atom is -0.263 e. The topological polar surface area (TPSA) is 59.4 Å². The highest BCUT2D eigenvalue weighted by molar-refractivity contribution is 5.15. The monoisotopic (exact) mass is 281 g/mol. The first kappa shape index (κ1) is 13.5. The van der Waals surface area contributed by atoms with Crippen molar-refractivity contribution in [2.45, 2.75) is 32.2 Å². The largest absolute Gasteiger partial charge is 0.263 e. The molecule has 1 N–H and O–H groups in total. The molecule has 0 aliphatic carbocycles. The number of aromatic amines is 1. The van der Waals surface area contributed by atoms with Crippen molar-refractivity contribution >= 4 is 0 Å². The van der Waals surface area contributed by atoms with E-state index in [9.17, 15) is 0 Å². The lowest BCUT2D eigenvalue weighted by atomic mass is 10.1. The molecule has 2 heterocycles. The quantitative estimate of drug-likeness (QED) is 0.756. The van der Waals surface area contributed by atoms with Crippen molar-refractivity contribution in [1.82, 2.24) is 25.0 Å². The van der Waals surface area contributed by atoms with Crippen LogP contribution >= 0.6 is 0 Å². The number of aromatic nitrogens is 5. The van der Waals surface area contributed by atoms with Crippen LogP contribution in [0.25, 0.3) is 0 Å². The molecule has 0 bridgehead atoms. The lowest BCUT2D eigenvalue weighted by Crippen LogP contribution is -2.12. The molecule has 108 valence electrons. The van der Waals surface area contributed by atoms with Gasteiger partial charge in [0.05, 0.1) is 0 Å². The third-order valence-corrected chi connectivity index (χ3v) is 3.57. The predicted molar refractivity (Wildman–Crippen MR) is 80.9 cm³/mol. The molecule has 2 aromatic heterocycles. The van der Waals surface area contributed by atoms with E-state index in [0.29, 0.717) is 0 Å². The Kier molecular flexibility index (Phi) is 4.09. The minimum atomic E-state index is 0.0988. The summed E-state index contributed by atoms with van der Waals surface area (Å²) in [5.74, 6) is 1.74. The zero-order valence-corrected chi connectivity index (χ0v) is 12.1. The van der Waals surface area contributed by atoms with Gasteiger partial charge in [-0.1, -0.05) is 37.3 Å². The van der Waals surface area contributed by atoms with Gasteiger partial charge in [-0.05, 0) is 24.5 Å². The lowest BCUT2D eigenvalue weighted by Gasteiger charge is -2.10. The van der Waals surface area contributed by atoms with Crippen LogP contribution in [-0.4, -0.2) is 25.0 Å². The first-order valence-electron chi connectivity index (χ1n) is 7.31. The third-order valence-electron chi connectivity index (χ3n) is 3.57. The fourth-order valence-corrected chi connectivity index (χ4v) is 2.43. The van der Waals surface area contributed by atoms with Crippen molar-refractivity contribution in [2.24, 2.45) is 0 Å². The van der Waals surface area contributed by atoms with Gasteiger partial charge in [-0.2, -0.15) is 10.2 Å². The number of H-pyrrole nitrogens is 1. The van der Waals surface area contributed by atoms with Gasteiger partial charge < -0.3 is 0 Å². The summed E-state index contributed by atoms with van der Waals surface area (Å²) in [7, 11) is 0. The summed E-state index contributed by atoms with van der Waals surface area (Å²) in [5, 5.41) is 11.7. The Bertz CT molecular complexity index is 657. The summed E-state index contributed by atoms with van der Waals surface area (Å²) in [6.45, 7) is 2.12. The first-order valence-corrected chi connectivity index (χ1v) is 7.31. The van der Waals surface area contributed by atoms with Crippen LogP contribution in [-0.2, 0) is 12.8 Å². The molecule has 1 atom stereocenters. The van der Waals surface area contributed by atoms with Crippen LogP contribution < -0.4 is 0 Å². The zero-order valence-electron chi connectivity index (χ0n) is 12.1. The fraction of sp³-hybridized carbons (Fsp3) is 0.312. The van der Waals surface area contributed by atoms with Crippen molar-refractivity contribution in [3.63, 3.8) is 0 Å². The fourth-order valence-electron chi connectivity index (χ4n) is 2.43. The Hall–Kier alpha value is -2.43. The maximum Gasteiger partial charge on any atom is 0.175 e. The Balaban J connectivity index is 1.68. The number of rotatable bonds is 6. The van der Waals surface area contributed by atoms with Gasteiger partial charge in [0, 0.05) is 18.8 Å². The second-order valence-electron chi connectivity index (χ2n) is 5.04. The van der Waals surface area contributed by atoms with Crippen LogP contribution in [0.2, 0.25) is 0 Å². The summed E-state index contributed by atoms with van der Waals surface area (Å²) in [4.78, 5) is 4.62. The number of aryl methyl sites for hydroxylation is 2. The van der Waals surface area contributed by atoms with Crippen molar-refractivity contribution in [3.8, 4) is 0 Å². The third kappa shape index (κ3) is 3.18. The van der Waals surface area contributed by atoms with Crippen LogP contribution in [0.1, 0.15) is 36.6 Å². The molecule has 5 heteroatoms. The highest BCUT2D eigenvalue weighted by Gasteiger charge is 2.16. The summed E-state index contributed by atoms with van der Waals surface area (Å²) in [6.07, 6.45) is 6.48. The Morgan fingerprint density at radius 2 is 2.00 bits per heavy atom. The maximum atomic E-state index is 4.62. The molecule has 1 unspecified atom stereocenters. The van der Waals surface area contributed by atoms with E-state index in [1.54, 1.807) is 6.20 Å². The van der Waals surface area contributed by atoms with Gasteiger partial charge in [-0.15, -0.1) is 0 Å². The van der Waals surface area contributed by atoms with Crippen molar-refractivity contribution in [1.29, 1.82) is 0 Å². The minimum absolute atomic E-state index is 0.0988. The zero-order chi connectivity index (χ0) is 14.5. The molecule has 0 amide bonds. The highest BCUT2D eigenvalue weighted by atomic mass is 15.3. The van der Waals surface area contributed by atoms with Gasteiger partial charge in [-0.25, -0.2) is 4.98 Å². The SMILES string of the molecule is CCC(c1n[nH]c(CCc2ccccc2)n1)n1cccn1. The van der Waals surface area contributed by atoms with Crippen LogP contribution in [0, 0.1) is 0 Å². The summed E-state index contributed by atoms with van der Waals surface area (Å²) < 4.78 is 1.91. The lowest BCUT2D eigenvalue weighted by molar-refractivity contribution is 0.485. The average molecular weight is 281 g/mol. The van der Waals surface area contributed by atoms with Crippen molar-refractivity contribution in [2.75, 3.05) is 0 Å². The predicted octanol–water partition coefficient (Wildman–Crippen LogP) is 2.79. The van der Waals surface area contributed by atoms with Gasteiger partial charge in [0.15, 0.2) is 5.82 Å². The van der Waals surface area contributed by atoms with Gasteiger partial charge >= 0.3 is 0 Å². The van der Waals surface area contributed by atoms with E-state index in [2.05, 4.69) is 51.5 Å². The van der Waals surface area contributed by atoms with Gasteiger partial charge in [-0.3, -0.25) is 9.78 Å². The van der Waals surface area contributed by atoms with Crippen molar-refractivity contribution < 1.29 is 0 Å². The molecule has 0 aliphatic heterocycles. The second-order valence-corrected chi connectivity index (χ2v) is 5.04. The van der Waals surface area contributed by atoms with E-state index in [4.69, 9.17) is 0 Å². The van der Waals surface area contributed by atoms with E-state index in [1.165, 1.54) is 5.56 Å². The number of nitrogens with one attached hydrogen (secondary N) is 1. The molecule has 0 radical (unpaired) electrons. The molecule has 1 aromatic carbocycles. The van der Waals surface area contributed by atoms with E-state index in [0.717, 1.165) is 30.9 Å². The normalized spacial score (nSPS) is 12.4. The molecule has 21 heavy (non-hydrogen) atoms. The molecular formula is C16H19N5. The molecule has 0 aliphatic rings. The smallest absolute Gasteiger partial charge is 0.175 e. The maximum absolute atomic E-state index is 4.62. The number of hydrogen-bond donors (Lipinski definition) is 1. The molecule has 0 spiro atoms. The standard InChI is InChI=1S/C16H19N5/c1-2-14(21-12-6-11-17-21)16-18-15(19-20-16)10-9-13-7-4-3-5-8-13/h3-8,11-12,14H,2,9-10H2,1H3,(H,18,19,20). The highest BCUT2D eigenvalue weighted by Crippen LogP contribution is 2.17. The summed E-state index contributed by atoms with van der Waals surface area (Å²) in [5.41, 5.74) is 1.31. The molecule has 0 saturated heterocycles. The average Bonchev–Trinajstić information content (AvgIpc) is 3.19. The molecule has 0 saturated carbocycles. The summed E-state index contributed by atoms with van der Waals surface area (Å²) in [6, 6.07) is 12.4. The molecule has 3 aromatic rings. The van der Waals surface area contributed by atoms with E-state index in [1.807, 2.05) is 23.0 Å². The van der Waals surface area contributed by atoms with Crippen LogP contribution in [0.5, 0.6) is 0 Å². The van der Waals surface area contributed by atoms with E-state index in [-0.39, 0.29) is 6.04 Å².